The van der Waals surface area contributed by atoms with Gasteiger partial charge in [-0.2, -0.15) is 4.98 Å². The highest BCUT2D eigenvalue weighted by Gasteiger charge is 2.56. The lowest BCUT2D eigenvalue weighted by molar-refractivity contribution is 0.382. The Kier molecular flexibility index (Phi) is 1.48. The summed E-state index contributed by atoms with van der Waals surface area (Å²) in [5.74, 6) is 0.991. The lowest BCUT2D eigenvalue weighted by Gasteiger charge is -2.27. The van der Waals surface area contributed by atoms with Gasteiger partial charge in [0.25, 0.3) is 0 Å². The molecule has 0 spiro atoms. The van der Waals surface area contributed by atoms with Gasteiger partial charge in [0.1, 0.15) is 11.0 Å². The van der Waals surface area contributed by atoms with Crippen LogP contribution in [0.3, 0.4) is 0 Å². The predicted octanol–water partition coefficient (Wildman–Crippen LogP) is 1.41. The Bertz CT molecular complexity index is 531. The molecule has 3 aliphatic rings. The van der Waals surface area contributed by atoms with E-state index < -0.39 is 0 Å². The van der Waals surface area contributed by atoms with E-state index in [2.05, 4.69) is 9.88 Å². The van der Waals surface area contributed by atoms with E-state index in [-0.39, 0.29) is 11.2 Å². The molecule has 0 atom stereocenters. The largest absolute Gasteiger partial charge is 0.350 e. The first-order chi connectivity index (χ1) is 7.70. The fourth-order valence-electron chi connectivity index (χ4n) is 3.80. The lowest BCUT2D eigenvalue weighted by atomic mass is 9.88. The van der Waals surface area contributed by atoms with Crippen LogP contribution in [0, 0.1) is 0 Å². The molecule has 0 saturated carbocycles. The first-order valence-corrected chi connectivity index (χ1v) is 6.14. The topological polar surface area (TPSA) is 38.1 Å². The fourth-order valence-corrected chi connectivity index (χ4v) is 3.97. The minimum atomic E-state index is -0.197. The summed E-state index contributed by atoms with van der Waals surface area (Å²) in [5, 5.41) is 0.319. The smallest absolute Gasteiger partial charge is 0.347 e. The van der Waals surface area contributed by atoms with Crippen LogP contribution < -0.4 is 10.6 Å². The average molecular weight is 238 g/mol. The van der Waals surface area contributed by atoms with Crippen LogP contribution in [-0.2, 0) is 6.54 Å². The molecule has 2 bridgehead atoms. The first kappa shape index (κ1) is 9.05. The molecule has 2 saturated heterocycles. The summed E-state index contributed by atoms with van der Waals surface area (Å²) >= 11 is 5.88. The van der Waals surface area contributed by atoms with Gasteiger partial charge in [-0.15, -0.1) is 0 Å². The van der Waals surface area contributed by atoms with Gasteiger partial charge < -0.3 is 4.90 Å². The van der Waals surface area contributed by atoms with Gasteiger partial charge >= 0.3 is 5.69 Å². The zero-order chi connectivity index (χ0) is 10.9. The predicted molar refractivity (Wildman–Crippen MR) is 61.0 cm³/mol. The highest BCUT2D eigenvalue weighted by atomic mass is 35.5. The molecule has 0 unspecified atom stereocenters. The van der Waals surface area contributed by atoms with E-state index >= 15 is 0 Å². The lowest BCUT2D eigenvalue weighted by Crippen LogP contribution is -2.38. The molecule has 5 heteroatoms. The molecule has 1 aromatic heterocycles. The molecule has 0 amide bonds. The summed E-state index contributed by atoms with van der Waals surface area (Å²) in [5.41, 5.74) is 0.0142. The van der Waals surface area contributed by atoms with Gasteiger partial charge in [0.2, 0.25) is 0 Å². The summed E-state index contributed by atoms with van der Waals surface area (Å²) < 4.78 is 1.79. The van der Waals surface area contributed by atoms with E-state index in [1.54, 1.807) is 4.57 Å². The number of aromatic nitrogens is 2. The Morgan fingerprint density at radius 3 is 2.94 bits per heavy atom. The summed E-state index contributed by atoms with van der Waals surface area (Å²) in [4.78, 5) is 18.0. The molecule has 3 aliphatic heterocycles. The number of halogens is 1. The molecule has 84 valence electrons. The number of hydrogen-bond donors (Lipinski definition) is 0. The van der Waals surface area contributed by atoms with Crippen LogP contribution in [0.2, 0.25) is 5.15 Å². The molecule has 16 heavy (non-hydrogen) atoms. The molecule has 1 aromatic rings. The van der Waals surface area contributed by atoms with Crippen molar-refractivity contribution in [3.63, 3.8) is 0 Å². The van der Waals surface area contributed by atoms with Gasteiger partial charge in [0, 0.05) is 12.1 Å². The van der Waals surface area contributed by atoms with Crippen molar-refractivity contribution in [2.75, 3.05) is 4.90 Å². The van der Waals surface area contributed by atoms with E-state index in [0.29, 0.717) is 11.2 Å². The van der Waals surface area contributed by atoms with Crippen molar-refractivity contribution < 1.29 is 0 Å². The van der Waals surface area contributed by atoms with Crippen LogP contribution in [0.25, 0.3) is 0 Å². The van der Waals surface area contributed by atoms with Gasteiger partial charge in [0.05, 0.1) is 12.1 Å². The highest BCUT2D eigenvalue weighted by Crippen LogP contribution is 2.53. The second-order valence-corrected chi connectivity index (χ2v) is 5.52. The van der Waals surface area contributed by atoms with E-state index in [0.717, 1.165) is 12.4 Å². The maximum atomic E-state index is 11.8. The van der Waals surface area contributed by atoms with Crippen molar-refractivity contribution in [1.82, 2.24) is 9.55 Å². The molecule has 0 aromatic carbocycles. The highest BCUT2D eigenvalue weighted by molar-refractivity contribution is 6.29. The average Bonchev–Trinajstić information content (AvgIpc) is 2.83. The Balaban J connectivity index is 1.98. The van der Waals surface area contributed by atoms with Crippen molar-refractivity contribution >= 4 is 17.4 Å². The van der Waals surface area contributed by atoms with Crippen LogP contribution in [0.15, 0.2) is 10.9 Å². The van der Waals surface area contributed by atoms with Gasteiger partial charge in [-0.1, -0.05) is 11.6 Å². The number of nitrogens with zero attached hydrogens (tertiary/aromatic N) is 3. The quantitative estimate of drug-likeness (QED) is 0.641. The normalized spacial score (nSPS) is 34.3. The summed E-state index contributed by atoms with van der Waals surface area (Å²) in [6.07, 6.45) is 4.93. The molecule has 0 N–H and O–H groups in total. The fraction of sp³-hybridized carbons (Fsp3) is 0.636. The van der Waals surface area contributed by atoms with E-state index in [1.165, 1.54) is 25.7 Å². The van der Waals surface area contributed by atoms with Crippen LogP contribution in [-0.4, -0.2) is 21.1 Å². The van der Waals surface area contributed by atoms with Crippen LogP contribution >= 0.6 is 11.6 Å². The van der Waals surface area contributed by atoms with Crippen molar-refractivity contribution in [3.8, 4) is 0 Å². The zero-order valence-electron chi connectivity index (χ0n) is 8.82. The Labute approximate surface area is 97.8 Å². The summed E-state index contributed by atoms with van der Waals surface area (Å²) in [6, 6.07) is 2.46. The van der Waals surface area contributed by atoms with Crippen LogP contribution in [0.4, 0.5) is 5.82 Å². The SMILES string of the molecule is O=c1nc(Cl)cc2n1CC13CCC(CC1)N23. The van der Waals surface area contributed by atoms with E-state index in [4.69, 9.17) is 11.6 Å². The summed E-state index contributed by atoms with van der Waals surface area (Å²) in [7, 11) is 0. The zero-order valence-corrected chi connectivity index (χ0v) is 9.57. The Morgan fingerprint density at radius 1 is 1.44 bits per heavy atom. The van der Waals surface area contributed by atoms with Gasteiger partial charge in [-0.3, -0.25) is 4.57 Å². The van der Waals surface area contributed by atoms with Gasteiger partial charge in [0.15, 0.2) is 0 Å². The minimum Gasteiger partial charge on any atom is -0.347 e. The van der Waals surface area contributed by atoms with Crippen molar-refractivity contribution in [2.45, 2.75) is 43.8 Å². The van der Waals surface area contributed by atoms with Crippen molar-refractivity contribution in [1.29, 1.82) is 0 Å². The number of fused-ring (bicyclic) bond motifs is 1. The van der Waals surface area contributed by atoms with Gasteiger partial charge in [-0.05, 0) is 25.7 Å². The molecular formula is C11H12ClN3O. The van der Waals surface area contributed by atoms with Crippen LogP contribution in [0.1, 0.15) is 25.7 Å². The third-order valence-corrected chi connectivity index (χ3v) is 4.61. The number of rotatable bonds is 0. The monoisotopic (exact) mass is 237 g/mol. The maximum absolute atomic E-state index is 11.8. The molecule has 4 rings (SSSR count). The molecule has 2 fully saturated rings. The van der Waals surface area contributed by atoms with Crippen molar-refractivity contribution in [2.24, 2.45) is 0 Å². The molecule has 4 nitrogen and oxygen atoms in total. The van der Waals surface area contributed by atoms with E-state index in [9.17, 15) is 4.79 Å². The van der Waals surface area contributed by atoms with Gasteiger partial charge in [-0.25, -0.2) is 4.79 Å². The van der Waals surface area contributed by atoms with E-state index in [1.807, 2.05) is 6.07 Å². The Morgan fingerprint density at radius 2 is 2.19 bits per heavy atom. The minimum absolute atomic E-state index is 0.197. The number of anilines is 1. The van der Waals surface area contributed by atoms with Crippen molar-refractivity contribution in [3.05, 3.63) is 21.7 Å². The summed E-state index contributed by atoms with van der Waals surface area (Å²) in [6.45, 7) is 0.807. The first-order valence-electron chi connectivity index (χ1n) is 5.76. The number of hydrogen-bond acceptors (Lipinski definition) is 3. The molecule has 0 aliphatic carbocycles. The third kappa shape index (κ3) is 0.879. The van der Waals surface area contributed by atoms with Crippen LogP contribution in [0.5, 0.6) is 0 Å². The second kappa shape index (κ2) is 2.62. The second-order valence-electron chi connectivity index (χ2n) is 5.13. The standard InChI is InChI=1S/C11H12ClN3O/c12-8-5-9-14(10(16)13-8)6-11-3-1-7(2-4-11)15(9)11/h5,7H,1-4,6H2. The Hall–Kier alpha value is -1.03. The third-order valence-electron chi connectivity index (χ3n) is 4.42. The molecular weight excluding hydrogens is 226 g/mol. The molecule has 0 radical (unpaired) electrons. The maximum Gasteiger partial charge on any atom is 0.350 e. The molecule has 4 heterocycles.